The van der Waals surface area contributed by atoms with Gasteiger partial charge in [-0.2, -0.15) is 0 Å². The summed E-state index contributed by atoms with van der Waals surface area (Å²) in [7, 11) is 0. The molecule has 0 aliphatic rings. The number of anilines is 1. The van der Waals surface area contributed by atoms with Crippen LogP contribution in [-0.4, -0.2) is 0 Å². The van der Waals surface area contributed by atoms with Crippen molar-refractivity contribution in [1.29, 1.82) is 0 Å². The lowest BCUT2D eigenvalue weighted by atomic mass is 10.2. The molecule has 0 amide bonds. The predicted octanol–water partition coefficient (Wildman–Crippen LogP) is 5.85. The van der Waals surface area contributed by atoms with E-state index in [2.05, 4.69) is 5.32 Å². The van der Waals surface area contributed by atoms with E-state index in [4.69, 9.17) is 34.8 Å². The van der Waals surface area contributed by atoms with E-state index in [1.165, 1.54) is 6.92 Å². The molecule has 0 saturated carbocycles. The molecule has 0 bridgehead atoms. The van der Waals surface area contributed by atoms with E-state index in [1.54, 1.807) is 12.1 Å². The molecule has 2 aromatic carbocycles. The van der Waals surface area contributed by atoms with Crippen molar-refractivity contribution in [3.63, 3.8) is 0 Å². The average molecular weight is 337 g/mol. The van der Waals surface area contributed by atoms with E-state index in [0.717, 1.165) is 12.1 Å². The van der Waals surface area contributed by atoms with Crippen LogP contribution in [0.2, 0.25) is 15.1 Å². The number of rotatable bonds is 3. The van der Waals surface area contributed by atoms with Crippen LogP contribution in [0.25, 0.3) is 0 Å². The Kier molecular flexibility index (Phi) is 4.74. The summed E-state index contributed by atoms with van der Waals surface area (Å²) in [5.74, 6) is -1.03. The van der Waals surface area contributed by atoms with Crippen molar-refractivity contribution in [2.24, 2.45) is 0 Å². The standard InChI is InChI=1S/C14H10Cl3F2N/c1-7-4-12(19)13(5-11(7)18)20-6-8-9(15)2-3-10(16)14(8)17/h2-5,20H,6H2,1H3. The van der Waals surface area contributed by atoms with Gasteiger partial charge in [-0.05, 0) is 30.7 Å². The summed E-state index contributed by atoms with van der Waals surface area (Å²) in [6.07, 6.45) is 0. The highest BCUT2D eigenvalue weighted by Gasteiger charge is 2.12. The van der Waals surface area contributed by atoms with Gasteiger partial charge in [-0.25, -0.2) is 8.78 Å². The first-order valence-corrected chi connectivity index (χ1v) is 6.85. The van der Waals surface area contributed by atoms with Crippen LogP contribution >= 0.6 is 34.8 Å². The zero-order valence-corrected chi connectivity index (χ0v) is 12.7. The summed E-state index contributed by atoms with van der Waals surface area (Å²) < 4.78 is 27.1. The second-order valence-corrected chi connectivity index (χ2v) is 5.45. The third kappa shape index (κ3) is 3.17. The molecular weight excluding hydrogens is 327 g/mol. The minimum Gasteiger partial charge on any atom is -0.378 e. The van der Waals surface area contributed by atoms with Gasteiger partial charge >= 0.3 is 0 Å². The maximum atomic E-state index is 13.7. The topological polar surface area (TPSA) is 12.0 Å². The molecule has 6 heteroatoms. The van der Waals surface area contributed by atoms with Crippen LogP contribution in [0.5, 0.6) is 0 Å². The molecule has 0 aromatic heterocycles. The largest absolute Gasteiger partial charge is 0.378 e. The Labute approximate surface area is 130 Å². The van der Waals surface area contributed by atoms with Crippen molar-refractivity contribution in [3.8, 4) is 0 Å². The molecular formula is C14H10Cl3F2N. The number of hydrogen-bond acceptors (Lipinski definition) is 1. The highest BCUT2D eigenvalue weighted by Crippen LogP contribution is 2.32. The molecule has 106 valence electrons. The normalized spacial score (nSPS) is 10.7. The molecule has 1 N–H and O–H groups in total. The Balaban J connectivity index is 2.26. The second-order valence-electron chi connectivity index (χ2n) is 4.26. The molecule has 2 aromatic rings. The van der Waals surface area contributed by atoms with Crippen LogP contribution in [0.1, 0.15) is 11.1 Å². The van der Waals surface area contributed by atoms with Crippen molar-refractivity contribution in [1.82, 2.24) is 0 Å². The SMILES string of the molecule is Cc1cc(F)c(NCc2c(Cl)ccc(Cl)c2Cl)cc1F. The Morgan fingerprint density at radius 2 is 1.65 bits per heavy atom. The summed E-state index contributed by atoms with van der Waals surface area (Å²) in [5.41, 5.74) is 0.813. The lowest BCUT2D eigenvalue weighted by molar-refractivity contribution is 0.594. The maximum Gasteiger partial charge on any atom is 0.146 e. The van der Waals surface area contributed by atoms with Crippen molar-refractivity contribution in [2.45, 2.75) is 13.5 Å². The lowest BCUT2D eigenvalue weighted by Gasteiger charge is -2.12. The number of nitrogens with one attached hydrogen (secondary N) is 1. The average Bonchev–Trinajstić information content (AvgIpc) is 2.40. The van der Waals surface area contributed by atoms with Gasteiger partial charge in [-0.1, -0.05) is 34.8 Å². The second kappa shape index (κ2) is 6.17. The zero-order chi connectivity index (χ0) is 14.9. The van der Waals surface area contributed by atoms with Gasteiger partial charge in [0, 0.05) is 23.2 Å². The van der Waals surface area contributed by atoms with Crippen molar-refractivity contribution >= 4 is 40.5 Å². The molecule has 20 heavy (non-hydrogen) atoms. The van der Waals surface area contributed by atoms with Gasteiger partial charge in [-0.15, -0.1) is 0 Å². The molecule has 0 radical (unpaired) electrons. The molecule has 0 spiro atoms. The van der Waals surface area contributed by atoms with Crippen LogP contribution in [0.4, 0.5) is 14.5 Å². The van der Waals surface area contributed by atoms with Gasteiger partial charge in [0.25, 0.3) is 0 Å². The summed E-state index contributed by atoms with van der Waals surface area (Å²) in [6, 6.07) is 5.39. The van der Waals surface area contributed by atoms with Crippen LogP contribution in [-0.2, 0) is 6.54 Å². The Morgan fingerprint density at radius 1 is 1.00 bits per heavy atom. The fourth-order valence-electron chi connectivity index (χ4n) is 1.70. The van der Waals surface area contributed by atoms with Crippen LogP contribution in [0.3, 0.4) is 0 Å². The van der Waals surface area contributed by atoms with Gasteiger partial charge in [0.05, 0.1) is 15.7 Å². The third-order valence-electron chi connectivity index (χ3n) is 2.84. The third-order valence-corrected chi connectivity index (χ3v) is 4.04. The summed E-state index contributed by atoms with van der Waals surface area (Å²) >= 11 is 17.9. The minimum atomic E-state index is -0.543. The van der Waals surface area contributed by atoms with Crippen LogP contribution < -0.4 is 5.32 Å². The highest BCUT2D eigenvalue weighted by molar-refractivity contribution is 6.44. The molecule has 0 aliphatic carbocycles. The summed E-state index contributed by atoms with van der Waals surface area (Å²) in [4.78, 5) is 0. The van der Waals surface area contributed by atoms with E-state index in [0.29, 0.717) is 20.6 Å². The highest BCUT2D eigenvalue weighted by atomic mass is 35.5. The number of aryl methyl sites for hydroxylation is 1. The first kappa shape index (κ1) is 15.4. The fraction of sp³-hybridized carbons (Fsp3) is 0.143. The Morgan fingerprint density at radius 3 is 2.35 bits per heavy atom. The van der Waals surface area contributed by atoms with Crippen LogP contribution in [0, 0.1) is 18.6 Å². The number of halogens is 5. The van der Waals surface area contributed by atoms with Gasteiger partial charge < -0.3 is 5.32 Å². The number of benzene rings is 2. The Bertz CT molecular complexity index is 659. The minimum absolute atomic E-state index is 0.0419. The molecule has 0 heterocycles. The number of hydrogen-bond donors (Lipinski definition) is 1. The van der Waals surface area contributed by atoms with Crippen LogP contribution in [0.15, 0.2) is 24.3 Å². The molecule has 0 fully saturated rings. The molecule has 0 atom stereocenters. The smallest absolute Gasteiger partial charge is 0.146 e. The van der Waals surface area contributed by atoms with Crippen molar-refractivity contribution in [3.05, 3.63) is 62.1 Å². The molecule has 0 aliphatic heterocycles. The predicted molar refractivity (Wildman–Crippen MR) is 79.9 cm³/mol. The first-order valence-electron chi connectivity index (χ1n) is 5.72. The zero-order valence-electron chi connectivity index (χ0n) is 10.4. The van der Waals surface area contributed by atoms with Gasteiger partial charge in [-0.3, -0.25) is 0 Å². The van der Waals surface area contributed by atoms with Gasteiger partial charge in [0.15, 0.2) is 0 Å². The monoisotopic (exact) mass is 335 g/mol. The van der Waals surface area contributed by atoms with E-state index in [9.17, 15) is 8.78 Å². The first-order chi connectivity index (χ1) is 9.40. The quantitative estimate of drug-likeness (QED) is 0.694. The van der Waals surface area contributed by atoms with E-state index in [1.807, 2.05) is 0 Å². The fourth-order valence-corrected chi connectivity index (χ4v) is 2.38. The molecule has 0 saturated heterocycles. The summed E-state index contributed by atoms with van der Waals surface area (Å²) in [5, 5.41) is 3.81. The molecule has 0 unspecified atom stereocenters. The van der Waals surface area contributed by atoms with Gasteiger partial charge in [0.1, 0.15) is 11.6 Å². The lowest BCUT2D eigenvalue weighted by Crippen LogP contribution is -2.04. The van der Waals surface area contributed by atoms with Crippen molar-refractivity contribution < 1.29 is 8.78 Å². The van der Waals surface area contributed by atoms with Gasteiger partial charge in [0.2, 0.25) is 0 Å². The maximum absolute atomic E-state index is 13.7. The molecule has 1 nitrogen and oxygen atoms in total. The Hall–Kier alpha value is -1.03. The van der Waals surface area contributed by atoms with E-state index < -0.39 is 11.6 Å². The molecule has 2 rings (SSSR count). The van der Waals surface area contributed by atoms with Crippen molar-refractivity contribution in [2.75, 3.05) is 5.32 Å². The van der Waals surface area contributed by atoms with E-state index in [-0.39, 0.29) is 17.8 Å². The summed E-state index contributed by atoms with van der Waals surface area (Å²) in [6.45, 7) is 1.63. The van der Waals surface area contributed by atoms with E-state index >= 15 is 0 Å².